The van der Waals surface area contributed by atoms with E-state index in [1.165, 1.54) is 12.0 Å². The Balaban J connectivity index is 2.18. The van der Waals surface area contributed by atoms with Crippen molar-refractivity contribution >= 4 is 37.9 Å². The van der Waals surface area contributed by atoms with Gasteiger partial charge in [0.15, 0.2) is 0 Å². The summed E-state index contributed by atoms with van der Waals surface area (Å²) in [5.74, 6) is 0. The van der Waals surface area contributed by atoms with Gasteiger partial charge < -0.3 is 14.2 Å². The molecule has 0 saturated carbocycles. The number of halogens is 1. The van der Waals surface area contributed by atoms with Gasteiger partial charge in [0.25, 0.3) is 0 Å². The third-order valence-corrected chi connectivity index (χ3v) is 4.97. The van der Waals surface area contributed by atoms with Crippen molar-refractivity contribution < 1.29 is 8.83 Å². The fourth-order valence-corrected chi connectivity index (χ4v) is 3.87. The lowest BCUT2D eigenvalue weighted by atomic mass is 9.87. The number of fused-ring (bicyclic) bond motifs is 2. The van der Waals surface area contributed by atoms with Crippen LogP contribution in [0, 0.1) is 0 Å². The number of hydrogen-bond donors (Lipinski definition) is 1. The summed E-state index contributed by atoms with van der Waals surface area (Å²) in [6.07, 6.45) is 5.80. The van der Waals surface area contributed by atoms with E-state index in [0.29, 0.717) is 0 Å². The minimum atomic E-state index is -0.0427. The molecule has 3 aromatic rings. The Bertz CT molecular complexity index is 713. The highest BCUT2D eigenvalue weighted by Crippen LogP contribution is 2.44. The van der Waals surface area contributed by atoms with Crippen LogP contribution < -0.4 is 5.32 Å². The predicted octanol–water partition coefficient (Wildman–Crippen LogP) is 4.54. The van der Waals surface area contributed by atoms with Crippen molar-refractivity contribution in [2.45, 2.75) is 25.3 Å². The average molecular weight is 320 g/mol. The Morgan fingerprint density at radius 3 is 2.63 bits per heavy atom. The molecule has 1 aliphatic rings. The largest absolute Gasteiger partial charge is 0.464 e. The van der Waals surface area contributed by atoms with E-state index in [-0.39, 0.29) is 5.54 Å². The number of furan rings is 2. The fourth-order valence-electron chi connectivity index (χ4n) is 3.25. The van der Waals surface area contributed by atoms with Crippen LogP contribution in [-0.4, -0.2) is 6.54 Å². The monoisotopic (exact) mass is 319 g/mol. The molecular formula is C15H14BrNO2. The summed E-state index contributed by atoms with van der Waals surface area (Å²) in [7, 11) is 0. The summed E-state index contributed by atoms with van der Waals surface area (Å²) in [5.41, 5.74) is 3.03. The van der Waals surface area contributed by atoms with Gasteiger partial charge in [-0.3, -0.25) is 0 Å². The second kappa shape index (κ2) is 3.87. The van der Waals surface area contributed by atoms with Crippen LogP contribution in [0.3, 0.4) is 0 Å². The molecule has 98 valence electrons. The SMILES string of the molecule is CC1(c2c3ccoc3c(Br)c3ccoc23)CCCN1. The maximum Gasteiger partial charge on any atom is 0.149 e. The van der Waals surface area contributed by atoms with Crippen molar-refractivity contribution in [1.29, 1.82) is 0 Å². The van der Waals surface area contributed by atoms with Gasteiger partial charge in [0.05, 0.1) is 17.0 Å². The first-order chi connectivity index (χ1) is 9.21. The molecule has 1 fully saturated rings. The summed E-state index contributed by atoms with van der Waals surface area (Å²) < 4.78 is 12.4. The predicted molar refractivity (Wildman–Crippen MR) is 78.3 cm³/mol. The molecule has 1 saturated heterocycles. The minimum absolute atomic E-state index is 0.0427. The maximum atomic E-state index is 5.77. The molecule has 2 aromatic heterocycles. The molecule has 19 heavy (non-hydrogen) atoms. The van der Waals surface area contributed by atoms with Gasteiger partial charge in [0.1, 0.15) is 11.2 Å². The van der Waals surface area contributed by atoms with Crippen LogP contribution in [-0.2, 0) is 5.54 Å². The van der Waals surface area contributed by atoms with Gasteiger partial charge >= 0.3 is 0 Å². The molecule has 1 unspecified atom stereocenters. The summed E-state index contributed by atoms with van der Waals surface area (Å²) in [6.45, 7) is 3.30. The molecule has 0 bridgehead atoms. The van der Waals surface area contributed by atoms with Gasteiger partial charge in [0.2, 0.25) is 0 Å². The van der Waals surface area contributed by atoms with Crippen LogP contribution >= 0.6 is 15.9 Å². The van der Waals surface area contributed by atoms with Gasteiger partial charge in [-0.1, -0.05) is 0 Å². The van der Waals surface area contributed by atoms with E-state index in [1.54, 1.807) is 12.5 Å². The lowest BCUT2D eigenvalue weighted by Gasteiger charge is -2.26. The second-order valence-electron chi connectivity index (χ2n) is 5.38. The normalized spacial score (nSPS) is 23.7. The van der Waals surface area contributed by atoms with Crippen molar-refractivity contribution in [2.75, 3.05) is 6.54 Å². The van der Waals surface area contributed by atoms with E-state index in [4.69, 9.17) is 8.83 Å². The van der Waals surface area contributed by atoms with E-state index in [0.717, 1.165) is 39.4 Å². The highest BCUT2D eigenvalue weighted by molar-refractivity contribution is 9.10. The Hall–Kier alpha value is -1.26. The zero-order chi connectivity index (χ0) is 13.0. The molecule has 1 atom stereocenters. The minimum Gasteiger partial charge on any atom is -0.464 e. The van der Waals surface area contributed by atoms with Crippen molar-refractivity contribution in [3.05, 3.63) is 34.7 Å². The van der Waals surface area contributed by atoms with Gasteiger partial charge in [-0.15, -0.1) is 0 Å². The van der Waals surface area contributed by atoms with Crippen molar-refractivity contribution in [2.24, 2.45) is 0 Å². The van der Waals surface area contributed by atoms with Gasteiger partial charge in [0, 0.05) is 21.9 Å². The molecule has 3 heterocycles. The van der Waals surface area contributed by atoms with Crippen LogP contribution in [0.15, 0.2) is 38.0 Å². The molecule has 0 spiro atoms. The van der Waals surface area contributed by atoms with E-state index in [9.17, 15) is 0 Å². The summed E-state index contributed by atoms with van der Waals surface area (Å²) in [6, 6.07) is 4.02. The van der Waals surface area contributed by atoms with E-state index < -0.39 is 0 Å². The topological polar surface area (TPSA) is 38.3 Å². The van der Waals surface area contributed by atoms with Crippen molar-refractivity contribution in [1.82, 2.24) is 5.32 Å². The lowest BCUT2D eigenvalue weighted by molar-refractivity contribution is 0.434. The Morgan fingerprint density at radius 2 is 1.89 bits per heavy atom. The molecule has 0 aliphatic carbocycles. The molecule has 1 N–H and O–H groups in total. The second-order valence-corrected chi connectivity index (χ2v) is 6.17. The molecule has 4 rings (SSSR count). The Labute approximate surface area is 119 Å². The van der Waals surface area contributed by atoms with E-state index in [1.807, 2.05) is 12.1 Å². The third-order valence-electron chi connectivity index (χ3n) is 4.18. The average Bonchev–Trinajstić information content (AvgIpc) is 3.09. The number of rotatable bonds is 1. The Kier molecular flexibility index (Phi) is 2.35. The van der Waals surface area contributed by atoms with Crippen LogP contribution in [0.25, 0.3) is 21.9 Å². The first kappa shape index (κ1) is 11.6. The number of benzene rings is 1. The molecule has 1 aromatic carbocycles. The zero-order valence-electron chi connectivity index (χ0n) is 10.6. The highest BCUT2D eigenvalue weighted by atomic mass is 79.9. The lowest BCUT2D eigenvalue weighted by Crippen LogP contribution is -2.33. The van der Waals surface area contributed by atoms with Crippen LogP contribution in [0.1, 0.15) is 25.3 Å². The van der Waals surface area contributed by atoms with Crippen LogP contribution in [0.4, 0.5) is 0 Å². The zero-order valence-corrected chi connectivity index (χ0v) is 12.2. The number of nitrogens with one attached hydrogen (secondary N) is 1. The fraction of sp³-hybridized carbons (Fsp3) is 0.333. The third kappa shape index (κ3) is 1.47. The molecular weight excluding hydrogens is 306 g/mol. The van der Waals surface area contributed by atoms with Crippen LogP contribution in [0.2, 0.25) is 0 Å². The van der Waals surface area contributed by atoms with Crippen molar-refractivity contribution in [3.63, 3.8) is 0 Å². The van der Waals surface area contributed by atoms with Crippen molar-refractivity contribution in [3.8, 4) is 0 Å². The summed E-state index contributed by atoms with van der Waals surface area (Å²) in [5, 5.41) is 5.82. The first-order valence-corrected chi connectivity index (χ1v) is 7.31. The summed E-state index contributed by atoms with van der Waals surface area (Å²) >= 11 is 3.63. The van der Waals surface area contributed by atoms with E-state index in [2.05, 4.69) is 28.2 Å². The quantitative estimate of drug-likeness (QED) is 0.715. The van der Waals surface area contributed by atoms with E-state index >= 15 is 0 Å². The number of hydrogen-bond acceptors (Lipinski definition) is 3. The molecule has 0 radical (unpaired) electrons. The maximum absolute atomic E-state index is 5.77. The standard InChI is InChI=1S/C15H14BrNO2/c1-15(5-2-6-17-15)11-9-3-7-19-14(9)12(16)10-4-8-18-13(10)11/h3-4,7-8,17H,2,5-6H2,1H3. The molecule has 3 nitrogen and oxygen atoms in total. The highest BCUT2D eigenvalue weighted by Gasteiger charge is 2.35. The molecule has 0 amide bonds. The van der Waals surface area contributed by atoms with Crippen LogP contribution in [0.5, 0.6) is 0 Å². The van der Waals surface area contributed by atoms with Gasteiger partial charge in [-0.2, -0.15) is 0 Å². The Morgan fingerprint density at radius 1 is 1.16 bits per heavy atom. The van der Waals surface area contributed by atoms with Gasteiger partial charge in [-0.05, 0) is 54.4 Å². The smallest absolute Gasteiger partial charge is 0.149 e. The van der Waals surface area contributed by atoms with Gasteiger partial charge in [-0.25, -0.2) is 0 Å². The molecule has 1 aliphatic heterocycles. The molecule has 4 heteroatoms. The first-order valence-electron chi connectivity index (χ1n) is 6.52. The summed E-state index contributed by atoms with van der Waals surface area (Å²) in [4.78, 5) is 0.